The topological polar surface area (TPSA) is 50.9 Å². The maximum absolute atomic E-state index is 12.8. The van der Waals surface area contributed by atoms with Gasteiger partial charge in [0.25, 0.3) is 0 Å². The summed E-state index contributed by atoms with van der Waals surface area (Å²) in [7, 11) is 0. The van der Waals surface area contributed by atoms with E-state index in [1.54, 1.807) is 0 Å². The largest absolute Gasteiger partial charge is 0.416 e. The first-order valence-electron chi connectivity index (χ1n) is 6.21. The van der Waals surface area contributed by atoms with Gasteiger partial charge in [0.2, 0.25) is 0 Å². The number of anilines is 1. The standard InChI is InChI=1S/C12H16F3N3S/c13-12(14,15)8-6-10(18-16)17-11(7-8)19-9-4-2-1-3-5-9/h6-7,9H,1-5,16H2,(H,17,18). The molecule has 1 aromatic rings. The molecule has 0 saturated heterocycles. The Morgan fingerprint density at radius 1 is 1.21 bits per heavy atom. The molecule has 0 atom stereocenters. The minimum Gasteiger partial charge on any atom is -0.308 e. The van der Waals surface area contributed by atoms with E-state index < -0.39 is 11.7 Å². The van der Waals surface area contributed by atoms with Gasteiger partial charge in [-0.3, -0.25) is 0 Å². The number of nitrogens with zero attached hydrogens (tertiary/aromatic N) is 1. The second-order valence-electron chi connectivity index (χ2n) is 4.60. The highest BCUT2D eigenvalue weighted by Gasteiger charge is 2.32. The fourth-order valence-corrected chi connectivity index (χ4v) is 3.41. The van der Waals surface area contributed by atoms with Crippen molar-refractivity contribution in [1.29, 1.82) is 0 Å². The lowest BCUT2D eigenvalue weighted by Crippen LogP contribution is -2.13. The molecule has 3 nitrogen and oxygen atoms in total. The van der Waals surface area contributed by atoms with Crippen LogP contribution in [0.25, 0.3) is 0 Å². The van der Waals surface area contributed by atoms with Crippen molar-refractivity contribution in [3.05, 3.63) is 17.7 Å². The SMILES string of the molecule is NNc1cc(C(F)(F)F)cc(SC2CCCCC2)n1. The number of hydrogen-bond acceptors (Lipinski definition) is 4. The smallest absolute Gasteiger partial charge is 0.308 e. The minimum absolute atomic E-state index is 0.0492. The zero-order chi connectivity index (χ0) is 13.9. The van der Waals surface area contributed by atoms with Crippen LogP contribution in [0.4, 0.5) is 19.0 Å². The van der Waals surface area contributed by atoms with Crippen molar-refractivity contribution >= 4 is 17.6 Å². The van der Waals surface area contributed by atoms with Crippen LogP contribution in [-0.2, 0) is 6.18 Å². The highest BCUT2D eigenvalue weighted by atomic mass is 32.2. The molecule has 1 heterocycles. The second kappa shape index (κ2) is 6.00. The fraction of sp³-hybridized carbons (Fsp3) is 0.583. The van der Waals surface area contributed by atoms with Crippen LogP contribution in [0.1, 0.15) is 37.7 Å². The molecule has 106 valence electrons. The van der Waals surface area contributed by atoms with Crippen LogP contribution in [-0.4, -0.2) is 10.2 Å². The second-order valence-corrected chi connectivity index (χ2v) is 5.92. The maximum atomic E-state index is 12.8. The summed E-state index contributed by atoms with van der Waals surface area (Å²) in [6, 6.07) is 2.02. The van der Waals surface area contributed by atoms with Crippen LogP contribution in [0.3, 0.4) is 0 Å². The minimum atomic E-state index is -4.38. The number of thioether (sulfide) groups is 1. The Kier molecular flexibility index (Phi) is 4.57. The summed E-state index contributed by atoms with van der Waals surface area (Å²) in [6.07, 6.45) is 1.18. The Morgan fingerprint density at radius 2 is 1.89 bits per heavy atom. The van der Waals surface area contributed by atoms with Crippen LogP contribution in [0.5, 0.6) is 0 Å². The van der Waals surface area contributed by atoms with Gasteiger partial charge in [-0.05, 0) is 25.0 Å². The molecule has 1 fully saturated rings. The van der Waals surface area contributed by atoms with E-state index in [-0.39, 0.29) is 5.82 Å². The first kappa shape index (κ1) is 14.5. The van der Waals surface area contributed by atoms with Crippen LogP contribution in [0, 0.1) is 0 Å². The zero-order valence-electron chi connectivity index (χ0n) is 10.3. The summed E-state index contributed by atoms with van der Waals surface area (Å²) in [5.41, 5.74) is 1.48. The van der Waals surface area contributed by atoms with Crippen molar-refractivity contribution in [2.45, 2.75) is 48.6 Å². The molecule has 0 aliphatic heterocycles. The number of halogens is 3. The van der Waals surface area contributed by atoms with Gasteiger partial charge in [-0.15, -0.1) is 11.8 Å². The number of hydrazine groups is 1. The number of nitrogens with two attached hydrogens (primary N) is 1. The van der Waals surface area contributed by atoms with E-state index in [9.17, 15) is 13.2 Å². The summed E-state index contributed by atoms with van der Waals surface area (Å²) in [5, 5.41) is 0.741. The Bertz CT molecular complexity index is 431. The Labute approximate surface area is 114 Å². The third kappa shape index (κ3) is 4.01. The lowest BCUT2D eigenvalue weighted by atomic mass is 10.0. The third-order valence-corrected chi connectivity index (χ3v) is 4.37. The first-order chi connectivity index (χ1) is 8.99. The molecule has 1 aliphatic carbocycles. The van der Waals surface area contributed by atoms with Crippen molar-refractivity contribution in [3.63, 3.8) is 0 Å². The molecule has 0 bridgehead atoms. The lowest BCUT2D eigenvalue weighted by molar-refractivity contribution is -0.137. The molecular weight excluding hydrogens is 275 g/mol. The van der Waals surface area contributed by atoms with Gasteiger partial charge in [-0.2, -0.15) is 13.2 Å². The number of aromatic nitrogens is 1. The van der Waals surface area contributed by atoms with E-state index in [4.69, 9.17) is 5.84 Å². The van der Waals surface area contributed by atoms with Gasteiger partial charge in [-0.25, -0.2) is 10.8 Å². The van der Waals surface area contributed by atoms with Gasteiger partial charge in [0.05, 0.1) is 10.6 Å². The number of alkyl halides is 3. The van der Waals surface area contributed by atoms with E-state index in [2.05, 4.69) is 10.4 Å². The van der Waals surface area contributed by atoms with Crippen molar-refractivity contribution in [1.82, 2.24) is 4.98 Å². The summed E-state index contributed by atoms with van der Waals surface area (Å²) < 4.78 is 38.3. The molecule has 1 aliphatic rings. The van der Waals surface area contributed by atoms with E-state index in [1.165, 1.54) is 18.2 Å². The van der Waals surface area contributed by atoms with Crippen LogP contribution < -0.4 is 11.3 Å². The van der Waals surface area contributed by atoms with Crippen LogP contribution >= 0.6 is 11.8 Å². The van der Waals surface area contributed by atoms with Gasteiger partial charge < -0.3 is 5.43 Å². The molecule has 2 rings (SSSR count). The van der Waals surface area contributed by atoms with Crippen molar-refractivity contribution in [2.75, 3.05) is 5.43 Å². The van der Waals surface area contributed by atoms with E-state index >= 15 is 0 Å². The molecule has 1 aromatic heterocycles. The number of nitrogens with one attached hydrogen (secondary N) is 1. The average Bonchev–Trinajstić information content (AvgIpc) is 2.38. The molecular formula is C12H16F3N3S. The number of pyridine rings is 1. The summed E-state index contributed by atoms with van der Waals surface area (Å²) in [4.78, 5) is 4.09. The predicted molar refractivity (Wildman–Crippen MR) is 69.8 cm³/mol. The third-order valence-electron chi connectivity index (χ3n) is 3.12. The van der Waals surface area contributed by atoms with Gasteiger partial charge in [0.1, 0.15) is 5.82 Å². The van der Waals surface area contributed by atoms with Crippen LogP contribution in [0.2, 0.25) is 0 Å². The molecule has 3 N–H and O–H groups in total. The Morgan fingerprint density at radius 3 is 2.47 bits per heavy atom. The van der Waals surface area contributed by atoms with Crippen molar-refractivity contribution in [2.24, 2.45) is 5.84 Å². The van der Waals surface area contributed by atoms with Gasteiger partial charge in [0.15, 0.2) is 0 Å². The molecule has 0 amide bonds. The molecule has 7 heteroatoms. The summed E-state index contributed by atoms with van der Waals surface area (Å²) >= 11 is 1.42. The monoisotopic (exact) mass is 291 g/mol. The highest BCUT2D eigenvalue weighted by molar-refractivity contribution is 7.99. The maximum Gasteiger partial charge on any atom is 0.416 e. The van der Waals surface area contributed by atoms with Crippen LogP contribution in [0.15, 0.2) is 17.2 Å². The molecule has 0 radical (unpaired) electrons. The molecule has 0 spiro atoms. The Balaban J connectivity index is 2.19. The fourth-order valence-electron chi connectivity index (χ4n) is 2.16. The van der Waals surface area contributed by atoms with E-state index in [1.807, 2.05) is 0 Å². The molecule has 0 unspecified atom stereocenters. The molecule has 0 aromatic carbocycles. The average molecular weight is 291 g/mol. The van der Waals surface area contributed by atoms with Gasteiger partial charge in [0, 0.05) is 5.25 Å². The normalized spacial score (nSPS) is 17.5. The predicted octanol–water partition coefficient (Wildman–Crippen LogP) is 3.81. The van der Waals surface area contributed by atoms with Gasteiger partial charge in [-0.1, -0.05) is 19.3 Å². The quantitative estimate of drug-likeness (QED) is 0.657. The first-order valence-corrected chi connectivity index (χ1v) is 7.09. The van der Waals surface area contributed by atoms with E-state index in [0.717, 1.165) is 37.8 Å². The van der Waals surface area contributed by atoms with Gasteiger partial charge >= 0.3 is 6.18 Å². The van der Waals surface area contributed by atoms with E-state index in [0.29, 0.717) is 10.3 Å². The molecule has 1 saturated carbocycles. The summed E-state index contributed by atoms with van der Waals surface area (Å²) in [5.74, 6) is 5.22. The zero-order valence-corrected chi connectivity index (χ0v) is 11.2. The summed E-state index contributed by atoms with van der Waals surface area (Å²) in [6.45, 7) is 0. The number of nitrogen functional groups attached to an aromatic ring is 1. The molecule has 19 heavy (non-hydrogen) atoms. The Hall–Kier alpha value is -0.950. The number of rotatable bonds is 3. The van der Waals surface area contributed by atoms with Crippen molar-refractivity contribution < 1.29 is 13.2 Å². The lowest BCUT2D eigenvalue weighted by Gasteiger charge is -2.21. The highest BCUT2D eigenvalue weighted by Crippen LogP contribution is 2.37. The van der Waals surface area contributed by atoms with Crippen molar-refractivity contribution in [3.8, 4) is 0 Å². The number of hydrogen-bond donors (Lipinski definition) is 2.